The molecule has 2 atom stereocenters. The molecule has 0 aromatic rings. The zero-order valence-corrected chi connectivity index (χ0v) is 11.7. The molecule has 2 heterocycles. The van der Waals surface area contributed by atoms with Crippen molar-refractivity contribution in [1.29, 1.82) is 0 Å². The van der Waals surface area contributed by atoms with Crippen LogP contribution in [-0.4, -0.2) is 76.6 Å². The van der Waals surface area contributed by atoms with Gasteiger partial charge in [0.1, 0.15) is 6.04 Å². The highest BCUT2D eigenvalue weighted by atomic mass is 16.4. The van der Waals surface area contributed by atoms with Crippen LogP contribution in [0.5, 0.6) is 0 Å². The number of carboxylic acid groups (broad SMARTS) is 1. The molecule has 0 aliphatic carbocycles. The van der Waals surface area contributed by atoms with Gasteiger partial charge in [0, 0.05) is 32.2 Å². The van der Waals surface area contributed by atoms with E-state index in [0.717, 1.165) is 19.5 Å². The molecule has 0 spiro atoms. The lowest BCUT2D eigenvalue weighted by molar-refractivity contribution is -0.141. The predicted molar refractivity (Wildman–Crippen MR) is 71.0 cm³/mol. The van der Waals surface area contributed by atoms with Gasteiger partial charge in [0.05, 0.1) is 0 Å². The molecule has 2 rings (SSSR count). The Morgan fingerprint density at radius 2 is 2.00 bits per heavy atom. The summed E-state index contributed by atoms with van der Waals surface area (Å²) in [6, 6.07) is -0.395. The molecule has 1 unspecified atom stereocenters. The second-order valence-corrected chi connectivity index (χ2v) is 5.40. The number of piperazine rings is 1. The topological polar surface area (TPSA) is 64.1 Å². The Balaban J connectivity index is 1.98. The molecule has 0 saturated carbocycles. The molecule has 0 bridgehead atoms. The summed E-state index contributed by atoms with van der Waals surface area (Å²) in [5, 5.41) is 9.14. The van der Waals surface area contributed by atoms with Crippen LogP contribution < -0.4 is 0 Å². The van der Waals surface area contributed by atoms with Crippen molar-refractivity contribution in [2.75, 3.05) is 32.7 Å². The summed E-state index contributed by atoms with van der Waals surface area (Å²) in [5.41, 5.74) is 0. The van der Waals surface area contributed by atoms with Gasteiger partial charge >= 0.3 is 12.0 Å². The van der Waals surface area contributed by atoms with E-state index in [4.69, 9.17) is 5.11 Å². The first kappa shape index (κ1) is 14.1. The minimum atomic E-state index is -0.883. The Morgan fingerprint density at radius 1 is 1.26 bits per heavy atom. The Labute approximate surface area is 114 Å². The molecule has 6 heteroatoms. The number of hydrogen-bond acceptors (Lipinski definition) is 3. The third-order valence-electron chi connectivity index (χ3n) is 4.23. The lowest BCUT2D eigenvalue weighted by Crippen LogP contribution is -2.57. The zero-order chi connectivity index (χ0) is 14.0. The van der Waals surface area contributed by atoms with Gasteiger partial charge < -0.3 is 14.9 Å². The van der Waals surface area contributed by atoms with E-state index in [9.17, 15) is 9.59 Å². The molecule has 108 valence electrons. The highest BCUT2D eigenvalue weighted by Crippen LogP contribution is 2.20. The lowest BCUT2D eigenvalue weighted by Gasteiger charge is -2.41. The number of rotatable bonds is 2. The molecule has 0 aromatic heterocycles. The van der Waals surface area contributed by atoms with Gasteiger partial charge in [0.2, 0.25) is 0 Å². The maximum Gasteiger partial charge on any atom is 0.326 e. The maximum atomic E-state index is 12.4. The fourth-order valence-electron chi connectivity index (χ4n) is 3.07. The van der Waals surface area contributed by atoms with Crippen LogP contribution >= 0.6 is 0 Å². The Kier molecular flexibility index (Phi) is 4.29. The minimum Gasteiger partial charge on any atom is -0.480 e. The van der Waals surface area contributed by atoms with Crippen LogP contribution in [0.3, 0.4) is 0 Å². The van der Waals surface area contributed by atoms with Crippen molar-refractivity contribution in [3.63, 3.8) is 0 Å². The molecule has 0 radical (unpaired) electrons. The minimum absolute atomic E-state index is 0.104. The van der Waals surface area contributed by atoms with E-state index in [-0.39, 0.29) is 6.03 Å². The van der Waals surface area contributed by atoms with Gasteiger partial charge in [-0.2, -0.15) is 0 Å². The fraction of sp³-hybridized carbons (Fsp3) is 0.846. The molecule has 0 aromatic carbocycles. The molecule has 1 N–H and O–H groups in total. The fourth-order valence-corrected chi connectivity index (χ4v) is 3.07. The van der Waals surface area contributed by atoms with E-state index < -0.39 is 12.0 Å². The van der Waals surface area contributed by atoms with Crippen molar-refractivity contribution >= 4 is 12.0 Å². The normalized spacial score (nSPS) is 28.7. The molecule has 2 aliphatic rings. The number of nitrogens with zero attached hydrogens (tertiary/aromatic N) is 3. The third kappa shape index (κ3) is 2.83. The van der Waals surface area contributed by atoms with Gasteiger partial charge in [0.25, 0.3) is 0 Å². The molecular formula is C13H23N3O3. The second-order valence-electron chi connectivity index (χ2n) is 5.40. The number of aliphatic carboxylic acids is 1. The van der Waals surface area contributed by atoms with Crippen molar-refractivity contribution < 1.29 is 14.7 Å². The standard InChI is InChI=1S/C13H23N3O3/c1-3-14-7-8-15(9-10(14)2)13(19)16-6-4-5-11(16)12(17)18/h10-11H,3-9H2,1-2H3,(H,17,18)/t10?,11-/m0/s1. The van der Waals surface area contributed by atoms with E-state index in [2.05, 4.69) is 18.7 Å². The van der Waals surface area contributed by atoms with E-state index in [1.807, 2.05) is 0 Å². The van der Waals surface area contributed by atoms with E-state index in [1.165, 1.54) is 4.90 Å². The van der Waals surface area contributed by atoms with E-state index >= 15 is 0 Å². The quantitative estimate of drug-likeness (QED) is 0.801. The number of carbonyl (C=O) groups excluding carboxylic acids is 1. The molecule has 2 saturated heterocycles. The average molecular weight is 269 g/mol. The number of carboxylic acids is 1. The first-order valence-electron chi connectivity index (χ1n) is 7.07. The van der Waals surface area contributed by atoms with E-state index in [1.54, 1.807) is 4.90 Å². The van der Waals surface area contributed by atoms with Crippen molar-refractivity contribution in [1.82, 2.24) is 14.7 Å². The van der Waals surface area contributed by atoms with Gasteiger partial charge in [-0.05, 0) is 26.3 Å². The van der Waals surface area contributed by atoms with Crippen LogP contribution in [0.4, 0.5) is 4.79 Å². The van der Waals surface area contributed by atoms with Crippen LogP contribution in [0.15, 0.2) is 0 Å². The first-order valence-corrected chi connectivity index (χ1v) is 7.07. The van der Waals surface area contributed by atoms with Crippen LogP contribution in [0.2, 0.25) is 0 Å². The summed E-state index contributed by atoms with van der Waals surface area (Å²) in [7, 11) is 0. The van der Waals surface area contributed by atoms with Gasteiger partial charge in [-0.25, -0.2) is 9.59 Å². The monoisotopic (exact) mass is 269 g/mol. The number of carbonyl (C=O) groups is 2. The Bertz CT molecular complexity index is 361. The zero-order valence-electron chi connectivity index (χ0n) is 11.7. The summed E-state index contributed by atoms with van der Waals surface area (Å²) in [4.78, 5) is 29.2. The largest absolute Gasteiger partial charge is 0.480 e. The molecule has 2 fully saturated rings. The third-order valence-corrected chi connectivity index (χ3v) is 4.23. The van der Waals surface area contributed by atoms with Crippen LogP contribution in [0.1, 0.15) is 26.7 Å². The number of amides is 2. The van der Waals surface area contributed by atoms with Crippen LogP contribution in [0.25, 0.3) is 0 Å². The van der Waals surface area contributed by atoms with Crippen LogP contribution in [-0.2, 0) is 4.79 Å². The maximum absolute atomic E-state index is 12.4. The SMILES string of the molecule is CCN1CCN(C(=O)N2CCC[C@H]2C(=O)O)CC1C. The summed E-state index contributed by atoms with van der Waals surface area (Å²) in [6.45, 7) is 8.05. The highest BCUT2D eigenvalue weighted by Gasteiger charge is 2.37. The molecular weight excluding hydrogens is 246 g/mol. The van der Waals surface area contributed by atoms with Crippen molar-refractivity contribution in [2.24, 2.45) is 0 Å². The number of likely N-dealkylation sites (N-methyl/N-ethyl adjacent to an activating group) is 1. The summed E-state index contributed by atoms with van der Waals surface area (Å²) in [5.74, 6) is -0.883. The molecule has 19 heavy (non-hydrogen) atoms. The Morgan fingerprint density at radius 3 is 2.58 bits per heavy atom. The highest BCUT2D eigenvalue weighted by molar-refractivity contribution is 5.83. The number of urea groups is 1. The van der Waals surface area contributed by atoms with Gasteiger partial charge in [-0.15, -0.1) is 0 Å². The predicted octanol–water partition coefficient (Wildman–Crippen LogP) is 0.681. The summed E-state index contributed by atoms with van der Waals surface area (Å²) >= 11 is 0. The Hall–Kier alpha value is -1.30. The average Bonchev–Trinajstić information content (AvgIpc) is 2.87. The summed E-state index contributed by atoms with van der Waals surface area (Å²) < 4.78 is 0. The first-order chi connectivity index (χ1) is 9.04. The van der Waals surface area contributed by atoms with Crippen LogP contribution in [0, 0.1) is 0 Å². The van der Waals surface area contributed by atoms with Gasteiger partial charge in [-0.1, -0.05) is 6.92 Å². The van der Waals surface area contributed by atoms with Crippen molar-refractivity contribution in [3.8, 4) is 0 Å². The molecule has 6 nitrogen and oxygen atoms in total. The number of hydrogen-bond donors (Lipinski definition) is 1. The van der Waals surface area contributed by atoms with Crippen molar-refractivity contribution in [2.45, 2.75) is 38.8 Å². The molecule has 2 amide bonds. The smallest absolute Gasteiger partial charge is 0.326 e. The molecule has 2 aliphatic heterocycles. The second kappa shape index (κ2) is 5.77. The van der Waals surface area contributed by atoms with Crippen molar-refractivity contribution in [3.05, 3.63) is 0 Å². The summed E-state index contributed by atoms with van der Waals surface area (Å²) in [6.07, 6.45) is 1.36. The lowest BCUT2D eigenvalue weighted by atomic mass is 10.2. The van der Waals surface area contributed by atoms with E-state index in [0.29, 0.717) is 32.1 Å². The van der Waals surface area contributed by atoms with Gasteiger partial charge in [-0.3, -0.25) is 4.90 Å². The number of likely N-dealkylation sites (tertiary alicyclic amines) is 1. The van der Waals surface area contributed by atoms with Gasteiger partial charge in [0.15, 0.2) is 0 Å².